The number of rotatable bonds is 9. The highest BCUT2D eigenvalue weighted by molar-refractivity contribution is 6.01. The summed E-state index contributed by atoms with van der Waals surface area (Å²) in [6.45, 7) is 2.08. The summed E-state index contributed by atoms with van der Waals surface area (Å²) in [5.74, 6) is -0.0419. The Morgan fingerprint density at radius 3 is 2.41 bits per heavy atom. The van der Waals surface area contributed by atoms with Crippen LogP contribution in [0.15, 0.2) is 78.4 Å². The van der Waals surface area contributed by atoms with Gasteiger partial charge in [-0.3, -0.25) is 9.59 Å². The molecule has 34 heavy (non-hydrogen) atoms. The molecule has 0 atom stereocenters. The van der Waals surface area contributed by atoms with Gasteiger partial charge in [0.1, 0.15) is 11.6 Å². The van der Waals surface area contributed by atoms with E-state index in [0.717, 1.165) is 11.1 Å². The Morgan fingerprint density at radius 1 is 1.00 bits per heavy atom. The summed E-state index contributed by atoms with van der Waals surface area (Å²) >= 11 is 0. The van der Waals surface area contributed by atoms with E-state index in [-0.39, 0.29) is 18.1 Å². The molecule has 0 fully saturated rings. The third-order valence-electron chi connectivity index (χ3n) is 4.85. The number of carbonyl (C=O) groups is 2. The highest BCUT2D eigenvalue weighted by Gasteiger charge is 2.12. The maximum atomic E-state index is 12.4. The average Bonchev–Trinajstić information content (AvgIpc) is 2.86. The van der Waals surface area contributed by atoms with Crippen LogP contribution in [-0.2, 0) is 16.1 Å². The second-order valence-electron chi connectivity index (χ2n) is 7.45. The molecule has 0 radical (unpaired) electrons. The smallest absolute Gasteiger partial charge is 0.262 e. The quantitative estimate of drug-likeness (QED) is 0.371. The number of nitrogens with zero attached hydrogens (tertiary/aromatic N) is 1. The number of carbonyl (C=O) groups excluding carboxylic acids is 2. The molecule has 0 aliphatic carbocycles. The van der Waals surface area contributed by atoms with Gasteiger partial charge in [-0.05, 0) is 48.4 Å². The zero-order valence-corrected chi connectivity index (χ0v) is 19.0. The zero-order chi connectivity index (χ0) is 24.3. The van der Waals surface area contributed by atoms with E-state index in [1.807, 2.05) is 67.6 Å². The molecule has 2 N–H and O–H groups in total. The minimum atomic E-state index is -0.474. The van der Waals surface area contributed by atoms with Crippen molar-refractivity contribution in [3.05, 3.63) is 95.1 Å². The molecule has 3 aromatic carbocycles. The van der Waals surface area contributed by atoms with E-state index in [1.54, 1.807) is 18.2 Å². The summed E-state index contributed by atoms with van der Waals surface area (Å²) in [7, 11) is 1.47. The molecule has 0 unspecified atom stereocenters. The molecule has 0 heterocycles. The zero-order valence-electron chi connectivity index (χ0n) is 19.0. The lowest BCUT2D eigenvalue weighted by molar-refractivity contribution is -0.118. The normalized spacial score (nSPS) is 10.7. The predicted octanol–water partition coefficient (Wildman–Crippen LogP) is 4.24. The molecule has 0 saturated heterocycles. The first-order valence-corrected chi connectivity index (χ1v) is 10.6. The number of hydrogen-bond donors (Lipinski definition) is 2. The van der Waals surface area contributed by atoms with Gasteiger partial charge >= 0.3 is 0 Å². The van der Waals surface area contributed by atoms with Gasteiger partial charge in [-0.25, -0.2) is 0 Å². The topological polar surface area (TPSA) is 100 Å². The van der Waals surface area contributed by atoms with Crippen molar-refractivity contribution in [2.24, 2.45) is 0 Å². The van der Waals surface area contributed by atoms with Crippen LogP contribution in [0.5, 0.6) is 11.5 Å². The average molecular weight is 456 g/mol. The fraction of sp³-hybridized carbons (Fsp3) is 0.148. The van der Waals surface area contributed by atoms with Crippen LogP contribution < -0.4 is 20.1 Å². The second-order valence-corrected chi connectivity index (χ2v) is 7.45. The van der Waals surface area contributed by atoms with Gasteiger partial charge in [0.25, 0.3) is 11.8 Å². The lowest BCUT2D eigenvalue weighted by Gasteiger charge is -2.12. The van der Waals surface area contributed by atoms with Crippen molar-refractivity contribution in [1.82, 2.24) is 5.32 Å². The Morgan fingerprint density at radius 2 is 1.74 bits per heavy atom. The fourth-order valence-corrected chi connectivity index (χ4v) is 3.06. The SMILES string of the molecule is COc1cc(/C=C(\C#N)C(=O)NCc2ccccc2)ccc1OCC(=O)Nc1ccc(C)cc1. The third kappa shape index (κ3) is 6.97. The molecule has 0 spiro atoms. The van der Waals surface area contributed by atoms with Gasteiger partial charge in [-0.2, -0.15) is 5.26 Å². The highest BCUT2D eigenvalue weighted by Crippen LogP contribution is 2.29. The van der Waals surface area contributed by atoms with E-state index in [9.17, 15) is 14.9 Å². The molecule has 3 rings (SSSR count). The summed E-state index contributed by atoms with van der Waals surface area (Å²) in [5, 5.41) is 14.9. The van der Waals surface area contributed by atoms with E-state index in [2.05, 4.69) is 10.6 Å². The maximum Gasteiger partial charge on any atom is 0.262 e. The number of nitriles is 1. The van der Waals surface area contributed by atoms with Crippen molar-refractivity contribution in [2.75, 3.05) is 19.0 Å². The van der Waals surface area contributed by atoms with Crippen molar-refractivity contribution >= 4 is 23.6 Å². The van der Waals surface area contributed by atoms with Crippen molar-refractivity contribution in [2.45, 2.75) is 13.5 Å². The predicted molar refractivity (Wildman–Crippen MR) is 130 cm³/mol. The maximum absolute atomic E-state index is 12.4. The highest BCUT2D eigenvalue weighted by atomic mass is 16.5. The Labute approximate surface area is 198 Å². The molecule has 172 valence electrons. The monoisotopic (exact) mass is 455 g/mol. The van der Waals surface area contributed by atoms with Crippen LogP contribution in [0.4, 0.5) is 5.69 Å². The fourth-order valence-electron chi connectivity index (χ4n) is 3.06. The lowest BCUT2D eigenvalue weighted by Crippen LogP contribution is -2.23. The number of hydrogen-bond acceptors (Lipinski definition) is 5. The van der Waals surface area contributed by atoms with Crippen LogP contribution in [0.3, 0.4) is 0 Å². The van der Waals surface area contributed by atoms with Gasteiger partial charge in [-0.1, -0.05) is 54.1 Å². The first-order chi connectivity index (χ1) is 16.5. The summed E-state index contributed by atoms with van der Waals surface area (Å²) in [6.07, 6.45) is 1.47. The number of ether oxygens (including phenoxy) is 2. The number of amides is 2. The summed E-state index contributed by atoms with van der Waals surface area (Å²) in [4.78, 5) is 24.6. The molecule has 0 aromatic heterocycles. The van der Waals surface area contributed by atoms with E-state index >= 15 is 0 Å². The van der Waals surface area contributed by atoms with Crippen LogP contribution in [-0.4, -0.2) is 25.5 Å². The van der Waals surface area contributed by atoms with Crippen LogP contribution in [0.2, 0.25) is 0 Å². The molecule has 0 aliphatic heterocycles. The van der Waals surface area contributed by atoms with Gasteiger partial charge in [0.2, 0.25) is 0 Å². The summed E-state index contributed by atoms with van der Waals surface area (Å²) < 4.78 is 11.0. The Balaban J connectivity index is 1.62. The van der Waals surface area contributed by atoms with Crippen molar-refractivity contribution in [3.63, 3.8) is 0 Å². The van der Waals surface area contributed by atoms with Crippen LogP contribution in [0.25, 0.3) is 6.08 Å². The van der Waals surface area contributed by atoms with Crippen molar-refractivity contribution in [1.29, 1.82) is 5.26 Å². The first-order valence-electron chi connectivity index (χ1n) is 10.6. The van der Waals surface area contributed by atoms with Crippen LogP contribution in [0.1, 0.15) is 16.7 Å². The van der Waals surface area contributed by atoms with E-state index in [1.165, 1.54) is 13.2 Å². The van der Waals surface area contributed by atoms with E-state index in [0.29, 0.717) is 29.3 Å². The summed E-state index contributed by atoms with van der Waals surface area (Å²) in [5.41, 5.74) is 3.26. The van der Waals surface area contributed by atoms with E-state index < -0.39 is 5.91 Å². The Bertz CT molecular complexity index is 1210. The molecule has 0 aliphatic rings. The molecule has 7 heteroatoms. The van der Waals surface area contributed by atoms with Gasteiger partial charge in [0.05, 0.1) is 7.11 Å². The number of anilines is 1. The molecular formula is C27H25N3O4. The minimum absolute atomic E-state index is 0.0378. The molecule has 0 bridgehead atoms. The number of nitrogens with one attached hydrogen (secondary N) is 2. The Kier molecular flexibility index (Phi) is 8.42. The van der Waals surface area contributed by atoms with Gasteiger partial charge in [-0.15, -0.1) is 0 Å². The van der Waals surface area contributed by atoms with Gasteiger partial charge in [0.15, 0.2) is 18.1 Å². The molecule has 2 amide bonds. The van der Waals surface area contributed by atoms with Gasteiger partial charge < -0.3 is 20.1 Å². The largest absolute Gasteiger partial charge is 0.493 e. The molecule has 0 saturated carbocycles. The summed E-state index contributed by atoms with van der Waals surface area (Å²) in [6, 6.07) is 23.7. The van der Waals surface area contributed by atoms with Crippen molar-refractivity contribution in [3.8, 4) is 17.6 Å². The lowest BCUT2D eigenvalue weighted by atomic mass is 10.1. The Hall–Kier alpha value is -4.57. The second kappa shape index (κ2) is 11.9. The molecule has 7 nitrogen and oxygen atoms in total. The van der Waals surface area contributed by atoms with Crippen LogP contribution >= 0.6 is 0 Å². The molecular weight excluding hydrogens is 430 g/mol. The van der Waals surface area contributed by atoms with Crippen LogP contribution in [0, 0.1) is 18.3 Å². The van der Waals surface area contributed by atoms with Gasteiger partial charge in [0, 0.05) is 12.2 Å². The number of aryl methyl sites for hydroxylation is 1. The van der Waals surface area contributed by atoms with Crippen molar-refractivity contribution < 1.29 is 19.1 Å². The number of methoxy groups -OCH3 is 1. The number of benzene rings is 3. The third-order valence-corrected chi connectivity index (χ3v) is 4.85. The standard InChI is InChI=1S/C27H25N3O4/c1-19-8-11-23(12-9-19)30-26(31)18-34-24-13-10-21(15-25(24)33-2)14-22(16-28)27(32)29-17-20-6-4-3-5-7-20/h3-15H,17-18H2,1-2H3,(H,29,32)(H,30,31)/b22-14+. The minimum Gasteiger partial charge on any atom is -0.493 e. The molecule has 3 aromatic rings. The van der Waals surface area contributed by atoms with E-state index in [4.69, 9.17) is 9.47 Å². The first kappa shape index (κ1) is 24.1.